The Morgan fingerprint density at radius 2 is 1.61 bits per heavy atom. The maximum atomic E-state index is 10.6. The Labute approximate surface area is 109 Å². The normalized spacial score (nSPS) is 10.3. The minimum absolute atomic E-state index is 0.108. The molecule has 0 saturated heterocycles. The van der Waals surface area contributed by atoms with Crippen molar-refractivity contribution in [3.8, 4) is 0 Å². The highest BCUT2D eigenvalue weighted by atomic mass is 16.6. The summed E-state index contributed by atoms with van der Waals surface area (Å²) in [5.74, 6) is 0. The van der Waals surface area contributed by atoms with E-state index in [1.807, 2.05) is 13.8 Å². The van der Waals surface area contributed by atoms with Gasteiger partial charge in [0.1, 0.15) is 0 Å². The van der Waals surface area contributed by atoms with Gasteiger partial charge in [-0.25, -0.2) is 0 Å². The fourth-order valence-electron chi connectivity index (χ4n) is 1.12. The van der Waals surface area contributed by atoms with Gasteiger partial charge in [0.25, 0.3) is 5.69 Å². The molecule has 0 radical (unpaired) electrons. The Bertz CT molecular complexity index is 329. The number of hydrogen-bond donors (Lipinski definition) is 0. The SMILES string of the molecule is CC.COC.COC(C)c1ccccc1[N+](=O)[O-]. The van der Waals surface area contributed by atoms with Crippen LogP contribution in [0.3, 0.4) is 0 Å². The second-order valence-corrected chi connectivity index (χ2v) is 3.10. The van der Waals surface area contributed by atoms with Crippen LogP contribution in [0.4, 0.5) is 5.69 Å². The Hall–Kier alpha value is -1.46. The first-order chi connectivity index (χ1) is 8.58. The van der Waals surface area contributed by atoms with Crippen LogP contribution in [0, 0.1) is 10.1 Å². The van der Waals surface area contributed by atoms with Crippen molar-refractivity contribution in [1.82, 2.24) is 0 Å². The van der Waals surface area contributed by atoms with Gasteiger partial charge in [0.15, 0.2) is 0 Å². The van der Waals surface area contributed by atoms with E-state index in [9.17, 15) is 10.1 Å². The molecule has 0 amide bonds. The van der Waals surface area contributed by atoms with Gasteiger partial charge < -0.3 is 9.47 Å². The maximum absolute atomic E-state index is 10.6. The first-order valence-electron chi connectivity index (χ1n) is 5.74. The summed E-state index contributed by atoms with van der Waals surface area (Å²) in [4.78, 5) is 10.2. The van der Waals surface area contributed by atoms with Crippen molar-refractivity contribution in [2.24, 2.45) is 0 Å². The Kier molecular flexibility index (Phi) is 12.6. The summed E-state index contributed by atoms with van der Waals surface area (Å²) in [7, 11) is 4.78. The van der Waals surface area contributed by atoms with Crippen molar-refractivity contribution in [3.05, 3.63) is 39.9 Å². The minimum atomic E-state index is -0.398. The number of benzene rings is 1. The van der Waals surface area contributed by atoms with Crippen molar-refractivity contribution in [2.75, 3.05) is 21.3 Å². The average molecular weight is 257 g/mol. The third kappa shape index (κ3) is 6.98. The summed E-state index contributed by atoms with van der Waals surface area (Å²) in [6.45, 7) is 5.78. The number of hydrogen-bond acceptors (Lipinski definition) is 4. The van der Waals surface area contributed by atoms with Gasteiger partial charge in [0.2, 0.25) is 0 Å². The number of para-hydroxylation sites is 1. The fourth-order valence-corrected chi connectivity index (χ4v) is 1.12. The molecule has 1 aromatic carbocycles. The zero-order chi connectivity index (χ0) is 14.6. The van der Waals surface area contributed by atoms with Gasteiger partial charge in [-0.15, -0.1) is 0 Å². The van der Waals surface area contributed by atoms with E-state index in [2.05, 4.69) is 4.74 Å². The molecule has 104 valence electrons. The third-order valence-electron chi connectivity index (χ3n) is 1.92. The predicted octanol–water partition coefficient (Wildman–Crippen LogP) is 3.59. The molecular formula is C13H23NO4. The van der Waals surface area contributed by atoms with Gasteiger partial charge in [-0.3, -0.25) is 10.1 Å². The van der Waals surface area contributed by atoms with Gasteiger partial charge in [0, 0.05) is 27.4 Å². The molecule has 1 unspecified atom stereocenters. The van der Waals surface area contributed by atoms with Crippen molar-refractivity contribution < 1.29 is 14.4 Å². The molecule has 1 aromatic rings. The number of ether oxygens (including phenoxy) is 2. The maximum Gasteiger partial charge on any atom is 0.275 e. The summed E-state index contributed by atoms with van der Waals surface area (Å²) in [5.41, 5.74) is 0.715. The smallest absolute Gasteiger partial charge is 0.275 e. The molecule has 5 nitrogen and oxygen atoms in total. The minimum Gasteiger partial charge on any atom is -0.388 e. The molecule has 0 aliphatic heterocycles. The summed E-state index contributed by atoms with van der Waals surface area (Å²) in [5, 5.41) is 10.6. The van der Waals surface area contributed by atoms with E-state index in [0.29, 0.717) is 5.56 Å². The molecule has 0 bridgehead atoms. The lowest BCUT2D eigenvalue weighted by molar-refractivity contribution is -0.386. The highest BCUT2D eigenvalue weighted by Crippen LogP contribution is 2.25. The quantitative estimate of drug-likeness (QED) is 0.613. The first kappa shape index (κ1) is 18.9. The van der Waals surface area contributed by atoms with E-state index >= 15 is 0 Å². The molecule has 0 aliphatic carbocycles. The summed E-state index contributed by atoms with van der Waals surface area (Å²) in [6, 6.07) is 6.58. The molecule has 0 spiro atoms. The number of rotatable bonds is 3. The van der Waals surface area contributed by atoms with Gasteiger partial charge in [-0.05, 0) is 13.0 Å². The van der Waals surface area contributed by atoms with Crippen LogP contribution in [0.2, 0.25) is 0 Å². The second-order valence-electron chi connectivity index (χ2n) is 3.10. The highest BCUT2D eigenvalue weighted by Gasteiger charge is 2.16. The van der Waals surface area contributed by atoms with Crippen molar-refractivity contribution >= 4 is 5.69 Å². The number of nitro groups is 1. The van der Waals surface area contributed by atoms with Crippen LogP contribution in [0.5, 0.6) is 0 Å². The van der Waals surface area contributed by atoms with Gasteiger partial charge in [0.05, 0.1) is 16.6 Å². The van der Waals surface area contributed by atoms with E-state index < -0.39 is 4.92 Å². The van der Waals surface area contributed by atoms with Crippen molar-refractivity contribution in [2.45, 2.75) is 26.9 Å². The molecule has 0 fully saturated rings. The van der Waals surface area contributed by atoms with E-state index in [1.54, 1.807) is 39.3 Å². The summed E-state index contributed by atoms with van der Waals surface area (Å²) >= 11 is 0. The van der Waals surface area contributed by atoms with Crippen molar-refractivity contribution in [1.29, 1.82) is 0 Å². The van der Waals surface area contributed by atoms with Gasteiger partial charge >= 0.3 is 0 Å². The van der Waals surface area contributed by atoms with Gasteiger partial charge in [-0.2, -0.15) is 0 Å². The molecule has 0 heterocycles. The van der Waals surface area contributed by atoms with Crippen LogP contribution in [0.25, 0.3) is 0 Å². The molecule has 18 heavy (non-hydrogen) atoms. The topological polar surface area (TPSA) is 61.6 Å². The molecule has 0 saturated carbocycles. The van der Waals surface area contributed by atoms with Crippen LogP contribution < -0.4 is 0 Å². The molecule has 1 atom stereocenters. The Morgan fingerprint density at radius 1 is 1.17 bits per heavy atom. The van der Waals surface area contributed by atoms with E-state index in [-0.39, 0.29) is 11.8 Å². The molecule has 0 aromatic heterocycles. The number of methoxy groups -OCH3 is 2. The van der Waals surface area contributed by atoms with Crippen LogP contribution in [-0.4, -0.2) is 26.3 Å². The standard InChI is InChI=1S/C9H11NO3.C2H6O.C2H6/c1-7(13-2)8-5-3-4-6-9(8)10(11)12;1-3-2;1-2/h3-7H,1-2H3;1-2H3;1-2H3. The van der Waals surface area contributed by atoms with Crippen LogP contribution >= 0.6 is 0 Å². The number of nitro benzene ring substituents is 1. The fraction of sp³-hybridized carbons (Fsp3) is 0.538. The second kappa shape index (κ2) is 12.0. The molecule has 5 heteroatoms. The summed E-state index contributed by atoms with van der Waals surface area (Å²) in [6.07, 6.45) is -0.249. The van der Waals surface area contributed by atoms with E-state index in [0.717, 1.165) is 0 Å². The van der Waals surface area contributed by atoms with Crippen LogP contribution in [0.1, 0.15) is 32.4 Å². The monoisotopic (exact) mass is 257 g/mol. The molecule has 1 rings (SSSR count). The average Bonchev–Trinajstić information content (AvgIpc) is 2.41. The zero-order valence-corrected chi connectivity index (χ0v) is 12.0. The Balaban J connectivity index is 0. The lowest BCUT2D eigenvalue weighted by Crippen LogP contribution is -2.00. The molecule has 0 aliphatic rings. The van der Waals surface area contributed by atoms with E-state index in [4.69, 9.17) is 4.74 Å². The molecule has 0 N–H and O–H groups in total. The van der Waals surface area contributed by atoms with Crippen LogP contribution in [-0.2, 0) is 9.47 Å². The lowest BCUT2D eigenvalue weighted by Gasteiger charge is -2.09. The number of nitrogens with zero attached hydrogens (tertiary/aromatic N) is 1. The molecular weight excluding hydrogens is 234 g/mol. The zero-order valence-electron chi connectivity index (χ0n) is 12.0. The van der Waals surface area contributed by atoms with Crippen molar-refractivity contribution in [3.63, 3.8) is 0 Å². The third-order valence-corrected chi connectivity index (χ3v) is 1.92. The van der Waals surface area contributed by atoms with E-state index in [1.165, 1.54) is 13.2 Å². The van der Waals surface area contributed by atoms with Gasteiger partial charge in [-0.1, -0.05) is 26.0 Å². The van der Waals surface area contributed by atoms with Crippen LogP contribution in [0.15, 0.2) is 24.3 Å². The lowest BCUT2D eigenvalue weighted by atomic mass is 10.1. The predicted molar refractivity (Wildman–Crippen MR) is 72.8 cm³/mol. The Morgan fingerprint density at radius 3 is 2.00 bits per heavy atom. The highest BCUT2D eigenvalue weighted by molar-refractivity contribution is 5.41. The largest absolute Gasteiger partial charge is 0.388 e. The first-order valence-corrected chi connectivity index (χ1v) is 5.74. The summed E-state index contributed by atoms with van der Waals surface area (Å²) < 4.78 is 9.27.